The van der Waals surface area contributed by atoms with Crippen LogP contribution in [0.1, 0.15) is 0 Å². The van der Waals surface area contributed by atoms with Crippen LogP contribution in [0.5, 0.6) is 0 Å². The van der Waals surface area contributed by atoms with Crippen molar-refractivity contribution in [2.45, 2.75) is 0 Å². The zero-order chi connectivity index (χ0) is 6.53. The van der Waals surface area contributed by atoms with Crippen molar-refractivity contribution >= 4 is 12.1 Å². The van der Waals surface area contributed by atoms with Gasteiger partial charge in [-0.3, -0.25) is 4.79 Å². The van der Waals surface area contributed by atoms with Crippen LogP contribution in [0.25, 0.3) is 0 Å². The Morgan fingerprint density at radius 2 is 2.33 bits per heavy atom. The van der Waals surface area contributed by atoms with E-state index in [1.165, 1.54) is 18.5 Å². The molecule has 0 saturated carbocycles. The molecule has 0 fully saturated rings. The van der Waals surface area contributed by atoms with Gasteiger partial charge in [-0.25, -0.2) is 4.99 Å². The minimum absolute atomic E-state index is 0.244. The fourth-order valence-corrected chi connectivity index (χ4v) is 0.433. The van der Waals surface area contributed by atoms with Crippen molar-refractivity contribution in [2.24, 2.45) is 4.99 Å². The highest BCUT2D eigenvalue weighted by atomic mass is 16.1. The van der Waals surface area contributed by atoms with E-state index in [0.717, 1.165) is 0 Å². The van der Waals surface area contributed by atoms with Gasteiger partial charge in [0.25, 0.3) is 5.91 Å². The van der Waals surface area contributed by atoms with Crippen LogP contribution in [0.4, 0.5) is 0 Å². The molecule has 1 rings (SSSR count). The van der Waals surface area contributed by atoms with Gasteiger partial charge in [-0.2, -0.15) is 0 Å². The second-order valence-corrected chi connectivity index (χ2v) is 1.48. The monoisotopic (exact) mass is 122 g/mol. The molecule has 1 aliphatic rings. The molecule has 46 valence electrons. The van der Waals surface area contributed by atoms with Gasteiger partial charge in [0.1, 0.15) is 0 Å². The second kappa shape index (κ2) is 2.81. The Labute approximate surface area is 52.8 Å². The first kappa shape index (κ1) is 5.75. The van der Waals surface area contributed by atoms with E-state index in [-0.39, 0.29) is 5.91 Å². The zero-order valence-corrected chi connectivity index (χ0v) is 4.74. The van der Waals surface area contributed by atoms with E-state index in [2.05, 4.69) is 10.3 Å². The lowest BCUT2D eigenvalue weighted by atomic mass is 10.5. The molecule has 0 spiro atoms. The predicted octanol–water partition coefficient (Wildman–Crippen LogP) is 0.214. The van der Waals surface area contributed by atoms with Crippen LogP contribution in [0.2, 0.25) is 0 Å². The van der Waals surface area contributed by atoms with Crippen LogP contribution in [-0.2, 0) is 4.79 Å². The third-order valence-electron chi connectivity index (χ3n) is 0.802. The normalized spacial score (nSPS) is 16.7. The average Bonchev–Trinajstić information content (AvgIpc) is 1.79. The molecule has 0 aromatic rings. The summed E-state index contributed by atoms with van der Waals surface area (Å²) in [5.74, 6) is -0.244. The number of allylic oxidation sites excluding steroid dienone is 1. The maximum absolute atomic E-state index is 10.5. The number of hydrogen-bond donors (Lipinski definition) is 1. The molecule has 0 aromatic carbocycles. The van der Waals surface area contributed by atoms with Gasteiger partial charge < -0.3 is 5.32 Å². The summed E-state index contributed by atoms with van der Waals surface area (Å²) in [6, 6.07) is 0. The maximum atomic E-state index is 10.5. The summed E-state index contributed by atoms with van der Waals surface area (Å²) < 4.78 is 0. The molecule has 3 heteroatoms. The first-order chi connectivity index (χ1) is 4.39. The molecule has 0 bridgehead atoms. The largest absolute Gasteiger partial charge is 0.367 e. The molecule has 1 aliphatic heterocycles. The van der Waals surface area contributed by atoms with E-state index < -0.39 is 0 Å². The van der Waals surface area contributed by atoms with Crippen LogP contribution >= 0.6 is 0 Å². The number of nitrogens with one attached hydrogen (secondary N) is 1. The molecule has 0 unspecified atom stereocenters. The third-order valence-corrected chi connectivity index (χ3v) is 0.802. The number of rotatable bonds is 0. The third kappa shape index (κ3) is 1.90. The van der Waals surface area contributed by atoms with Gasteiger partial charge in [0, 0.05) is 24.7 Å². The predicted molar refractivity (Wildman–Crippen MR) is 34.9 cm³/mol. The fourth-order valence-electron chi connectivity index (χ4n) is 0.433. The number of amides is 1. The van der Waals surface area contributed by atoms with Crippen LogP contribution in [0.15, 0.2) is 29.5 Å². The molecular weight excluding hydrogens is 116 g/mol. The molecule has 0 saturated heterocycles. The van der Waals surface area contributed by atoms with E-state index >= 15 is 0 Å². The van der Waals surface area contributed by atoms with Gasteiger partial charge in [-0.05, 0) is 6.08 Å². The maximum Gasteiger partial charge on any atom is 0.271 e. The van der Waals surface area contributed by atoms with E-state index in [9.17, 15) is 4.79 Å². The van der Waals surface area contributed by atoms with Crippen molar-refractivity contribution in [1.29, 1.82) is 0 Å². The van der Waals surface area contributed by atoms with Crippen LogP contribution < -0.4 is 5.32 Å². The summed E-state index contributed by atoms with van der Waals surface area (Å²) in [6.45, 7) is 0. The summed E-state index contributed by atoms with van der Waals surface area (Å²) in [5.41, 5.74) is 0. The Bertz CT molecular complexity index is 191. The molecular formula is C6H6N2O. The number of nitrogens with zero attached hydrogens (tertiary/aromatic N) is 1. The lowest BCUT2D eigenvalue weighted by molar-refractivity contribution is -0.113. The van der Waals surface area contributed by atoms with E-state index in [1.807, 2.05) is 0 Å². The van der Waals surface area contributed by atoms with Gasteiger partial charge in [-0.1, -0.05) is 0 Å². The van der Waals surface area contributed by atoms with Gasteiger partial charge in [0.2, 0.25) is 0 Å². The molecule has 3 nitrogen and oxygen atoms in total. The van der Waals surface area contributed by atoms with Gasteiger partial charge in [0.15, 0.2) is 0 Å². The minimum Gasteiger partial charge on any atom is -0.367 e. The first-order valence-electron chi connectivity index (χ1n) is 2.55. The Morgan fingerprint density at radius 1 is 1.44 bits per heavy atom. The summed E-state index contributed by atoms with van der Waals surface area (Å²) in [7, 11) is 0. The van der Waals surface area contributed by atoms with Crippen molar-refractivity contribution in [2.75, 3.05) is 0 Å². The first-order valence-corrected chi connectivity index (χ1v) is 2.55. The molecule has 9 heavy (non-hydrogen) atoms. The molecule has 1 amide bonds. The quantitative estimate of drug-likeness (QED) is 0.499. The Hall–Kier alpha value is -1.38. The standard InChI is InChI=1S/C6H6N2O/c9-6-2-5-7-3-1-4-8-6/h1-5,7H. The fraction of sp³-hybridized carbons (Fsp3) is 0. The van der Waals surface area contributed by atoms with E-state index in [1.54, 1.807) is 12.3 Å². The van der Waals surface area contributed by atoms with E-state index in [4.69, 9.17) is 0 Å². The highest BCUT2D eigenvalue weighted by Crippen LogP contribution is 1.80. The summed E-state index contributed by atoms with van der Waals surface area (Å²) >= 11 is 0. The number of carbonyl (C=O) groups excluding carboxylic acids is 1. The van der Waals surface area contributed by atoms with Gasteiger partial charge in [-0.15, -0.1) is 0 Å². The van der Waals surface area contributed by atoms with Crippen molar-refractivity contribution in [1.82, 2.24) is 5.32 Å². The molecule has 0 aromatic heterocycles. The molecule has 1 heterocycles. The number of aliphatic imine (C=N–C) groups is 1. The molecule has 0 atom stereocenters. The molecule has 1 N–H and O–H groups in total. The second-order valence-electron chi connectivity index (χ2n) is 1.48. The number of hydrogen-bond acceptors (Lipinski definition) is 2. The van der Waals surface area contributed by atoms with Crippen LogP contribution in [-0.4, -0.2) is 12.1 Å². The SMILES string of the molecule is O=C1C=CNC=CC=N1. The van der Waals surface area contributed by atoms with E-state index in [0.29, 0.717) is 0 Å². The zero-order valence-electron chi connectivity index (χ0n) is 4.74. The molecule has 0 radical (unpaired) electrons. The minimum atomic E-state index is -0.244. The number of carbonyl (C=O) groups is 1. The van der Waals surface area contributed by atoms with Crippen molar-refractivity contribution in [3.63, 3.8) is 0 Å². The van der Waals surface area contributed by atoms with Crippen LogP contribution in [0, 0.1) is 0 Å². The smallest absolute Gasteiger partial charge is 0.271 e. The topological polar surface area (TPSA) is 41.5 Å². The molecule has 0 aliphatic carbocycles. The lowest BCUT2D eigenvalue weighted by Crippen LogP contribution is -1.97. The Morgan fingerprint density at radius 3 is 3.22 bits per heavy atom. The van der Waals surface area contributed by atoms with Crippen molar-refractivity contribution in [3.05, 3.63) is 24.6 Å². The van der Waals surface area contributed by atoms with Gasteiger partial charge in [0.05, 0.1) is 0 Å². The van der Waals surface area contributed by atoms with Crippen LogP contribution in [0.3, 0.4) is 0 Å². The van der Waals surface area contributed by atoms with Gasteiger partial charge >= 0.3 is 0 Å². The lowest BCUT2D eigenvalue weighted by Gasteiger charge is -1.89. The Balaban J connectivity index is 2.72. The average molecular weight is 122 g/mol. The van der Waals surface area contributed by atoms with Crippen molar-refractivity contribution in [3.8, 4) is 0 Å². The summed E-state index contributed by atoms with van der Waals surface area (Å²) in [4.78, 5) is 14.0. The summed E-state index contributed by atoms with van der Waals surface area (Å²) in [6.07, 6.45) is 7.68. The van der Waals surface area contributed by atoms with Crippen molar-refractivity contribution < 1.29 is 4.79 Å². The highest BCUT2D eigenvalue weighted by Gasteiger charge is 1.86. The Kier molecular flexibility index (Phi) is 1.80. The highest BCUT2D eigenvalue weighted by molar-refractivity contribution is 5.95. The summed E-state index contributed by atoms with van der Waals surface area (Å²) in [5, 5.41) is 2.74.